The highest BCUT2D eigenvalue weighted by Gasteiger charge is 2.18. The highest BCUT2D eigenvalue weighted by atomic mass is 32.2. The van der Waals surface area contributed by atoms with Crippen molar-refractivity contribution in [2.24, 2.45) is 10.6 Å². The van der Waals surface area contributed by atoms with Crippen LogP contribution < -0.4 is 9.86 Å². The molecule has 3 N–H and O–H groups in total. The van der Waals surface area contributed by atoms with Gasteiger partial charge in [-0.3, -0.25) is 4.72 Å². The first-order chi connectivity index (χ1) is 8.89. The number of hydrogen-bond acceptors (Lipinski definition) is 4. The maximum atomic E-state index is 11.9. The summed E-state index contributed by atoms with van der Waals surface area (Å²) in [5.74, 6) is -0.0316. The number of hydrogen-bond donors (Lipinski definition) is 2. The van der Waals surface area contributed by atoms with Crippen LogP contribution >= 0.6 is 0 Å². The highest BCUT2D eigenvalue weighted by Crippen LogP contribution is 2.21. The molecule has 0 unspecified atom stereocenters. The molecule has 0 amide bonds. The Hall–Kier alpha value is -1.12. The number of anilines is 1. The first-order valence-corrected chi connectivity index (χ1v) is 9.22. The Bertz CT molecular complexity index is 674. The van der Waals surface area contributed by atoms with Crippen molar-refractivity contribution in [2.75, 3.05) is 10.5 Å². The van der Waals surface area contributed by atoms with Crippen molar-refractivity contribution in [3.63, 3.8) is 0 Å². The van der Waals surface area contributed by atoms with Gasteiger partial charge in [0, 0.05) is 5.69 Å². The van der Waals surface area contributed by atoms with Crippen LogP contribution in [0.5, 0.6) is 0 Å². The topological polar surface area (TPSA) is 106 Å². The quantitative estimate of drug-likeness (QED) is 0.857. The van der Waals surface area contributed by atoms with Crippen molar-refractivity contribution in [2.45, 2.75) is 32.1 Å². The van der Waals surface area contributed by atoms with Crippen LogP contribution in [-0.2, 0) is 20.0 Å². The monoisotopic (exact) mass is 320 g/mol. The number of nitrogens with one attached hydrogen (secondary N) is 1. The third kappa shape index (κ3) is 5.89. The number of primary sulfonamides is 1. The van der Waals surface area contributed by atoms with Crippen molar-refractivity contribution in [1.29, 1.82) is 0 Å². The van der Waals surface area contributed by atoms with Gasteiger partial charge in [-0.2, -0.15) is 0 Å². The van der Waals surface area contributed by atoms with Crippen LogP contribution in [-0.4, -0.2) is 22.6 Å². The second-order valence-electron chi connectivity index (χ2n) is 5.80. The van der Waals surface area contributed by atoms with Crippen LogP contribution in [0.1, 0.15) is 27.2 Å². The van der Waals surface area contributed by atoms with Gasteiger partial charge in [-0.25, -0.2) is 22.0 Å². The number of sulfonamides is 2. The van der Waals surface area contributed by atoms with E-state index in [9.17, 15) is 16.8 Å². The molecule has 0 radical (unpaired) electrons. The maximum absolute atomic E-state index is 11.9. The van der Waals surface area contributed by atoms with E-state index in [1.807, 2.05) is 20.8 Å². The molecule has 0 bridgehead atoms. The van der Waals surface area contributed by atoms with Gasteiger partial charge in [0.1, 0.15) is 0 Å². The number of rotatable bonds is 5. The van der Waals surface area contributed by atoms with Crippen molar-refractivity contribution in [1.82, 2.24) is 0 Å². The molecule has 0 saturated carbocycles. The Labute approximate surface area is 120 Å². The summed E-state index contributed by atoms with van der Waals surface area (Å²) < 4.78 is 48.6. The lowest BCUT2D eigenvalue weighted by molar-refractivity contribution is 0.397. The molecular weight excluding hydrogens is 300 g/mol. The maximum Gasteiger partial charge on any atom is 0.238 e. The van der Waals surface area contributed by atoms with Crippen LogP contribution in [0, 0.1) is 5.41 Å². The van der Waals surface area contributed by atoms with Gasteiger partial charge in [-0.15, -0.1) is 0 Å². The summed E-state index contributed by atoms with van der Waals surface area (Å²) >= 11 is 0. The normalized spacial score (nSPS) is 13.2. The summed E-state index contributed by atoms with van der Waals surface area (Å²) in [6.07, 6.45) is 0.497. The van der Waals surface area contributed by atoms with Gasteiger partial charge >= 0.3 is 0 Å². The average Bonchev–Trinajstić information content (AvgIpc) is 2.24. The van der Waals surface area contributed by atoms with Crippen LogP contribution in [0.4, 0.5) is 5.69 Å². The molecule has 0 aliphatic rings. The fourth-order valence-electron chi connectivity index (χ4n) is 1.41. The lowest BCUT2D eigenvalue weighted by atomic mass is 9.94. The molecule has 114 valence electrons. The zero-order valence-corrected chi connectivity index (χ0v) is 13.4. The van der Waals surface area contributed by atoms with E-state index < -0.39 is 20.0 Å². The van der Waals surface area contributed by atoms with E-state index in [4.69, 9.17) is 5.14 Å². The minimum Gasteiger partial charge on any atom is -0.284 e. The van der Waals surface area contributed by atoms with Crippen LogP contribution in [0.25, 0.3) is 0 Å². The molecule has 0 aliphatic carbocycles. The largest absolute Gasteiger partial charge is 0.284 e. The van der Waals surface area contributed by atoms with Crippen LogP contribution in [0.2, 0.25) is 0 Å². The van der Waals surface area contributed by atoms with Gasteiger partial charge in [0.15, 0.2) is 0 Å². The molecule has 1 rings (SSSR count). The standard InChI is InChI=1S/C12H20N2O4S2/c1-12(2,3)7-8-19(15,16)14-10-5-4-6-11(9-10)20(13,17)18/h4-6,9,14H,7-8H2,1-3H3,(H2,13,17,18). The number of benzene rings is 1. The Morgan fingerprint density at radius 3 is 2.25 bits per heavy atom. The van der Waals surface area contributed by atoms with Crippen molar-refractivity contribution < 1.29 is 16.8 Å². The van der Waals surface area contributed by atoms with E-state index in [2.05, 4.69) is 4.72 Å². The molecular formula is C12H20N2O4S2. The lowest BCUT2D eigenvalue weighted by Gasteiger charge is -2.18. The SMILES string of the molecule is CC(C)(C)CCS(=O)(=O)Nc1cccc(S(N)(=O)=O)c1. The molecule has 1 aromatic rings. The van der Waals surface area contributed by atoms with Crippen molar-refractivity contribution in [3.05, 3.63) is 24.3 Å². The molecule has 0 heterocycles. The van der Waals surface area contributed by atoms with Crippen molar-refractivity contribution in [3.8, 4) is 0 Å². The molecule has 0 saturated heterocycles. The Balaban J connectivity index is 2.88. The molecule has 6 nitrogen and oxygen atoms in total. The molecule has 20 heavy (non-hydrogen) atoms. The minimum atomic E-state index is -3.85. The van der Waals surface area contributed by atoms with E-state index in [1.54, 1.807) is 0 Å². The summed E-state index contributed by atoms with van der Waals surface area (Å²) in [6, 6.07) is 5.41. The van der Waals surface area contributed by atoms with Gasteiger partial charge in [0.05, 0.1) is 10.6 Å². The Kier molecular flexibility index (Phi) is 4.83. The second-order valence-corrected chi connectivity index (χ2v) is 9.21. The first kappa shape index (κ1) is 16.9. The Morgan fingerprint density at radius 1 is 1.15 bits per heavy atom. The van der Waals surface area contributed by atoms with Crippen LogP contribution in [0.3, 0.4) is 0 Å². The van der Waals surface area contributed by atoms with Gasteiger partial charge in [0.2, 0.25) is 20.0 Å². The van der Waals surface area contributed by atoms with Gasteiger partial charge in [0.25, 0.3) is 0 Å². The van der Waals surface area contributed by atoms with Crippen molar-refractivity contribution >= 4 is 25.7 Å². The molecule has 8 heteroatoms. The summed E-state index contributed by atoms with van der Waals surface area (Å²) in [4.78, 5) is -0.131. The average molecular weight is 320 g/mol. The predicted octanol–water partition coefficient (Wildman–Crippen LogP) is 1.51. The fourth-order valence-corrected chi connectivity index (χ4v) is 3.44. The molecule has 0 spiro atoms. The summed E-state index contributed by atoms with van der Waals surface area (Å²) in [6.45, 7) is 5.85. The molecule has 0 atom stereocenters. The third-order valence-corrected chi connectivity index (χ3v) is 4.76. The summed E-state index contributed by atoms with van der Waals surface area (Å²) in [5.41, 5.74) is 0.0856. The van der Waals surface area contributed by atoms with E-state index in [0.717, 1.165) is 0 Å². The van der Waals surface area contributed by atoms with Crippen LogP contribution in [0.15, 0.2) is 29.2 Å². The smallest absolute Gasteiger partial charge is 0.238 e. The van der Waals surface area contributed by atoms with E-state index in [0.29, 0.717) is 6.42 Å². The number of nitrogens with two attached hydrogens (primary N) is 1. The van der Waals surface area contributed by atoms with Gasteiger partial charge in [-0.05, 0) is 30.0 Å². The molecule has 1 aromatic carbocycles. The zero-order valence-electron chi connectivity index (χ0n) is 11.8. The minimum absolute atomic E-state index is 0.0316. The van der Waals surface area contributed by atoms with Gasteiger partial charge < -0.3 is 0 Å². The first-order valence-electron chi connectivity index (χ1n) is 6.02. The summed E-state index contributed by atoms with van der Waals surface area (Å²) in [7, 11) is -7.37. The zero-order chi connectivity index (χ0) is 15.6. The third-order valence-electron chi connectivity index (χ3n) is 2.56. The molecule has 0 aliphatic heterocycles. The highest BCUT2D eigenvalue weighted by molar-refractivity contribution is 7.92. The van der Waals surface area contributed by atoms with E-state index >= 15 is 0 Å². The van der Waals surface area contributed by atoms with E-state index in [1.165, 1.54) is 24.3 Å². The molecule has 0 aromatic heterocycles. The Morgan fingerprint density at radius 2 is 1.75 bits per heavy atom. The fraction of sp³-hybridized carbons (Fsp3) is 0.500. The molecule has 0 fully saturated rings. The lowest BCUT2D eigenvalue weighted by Crippen LogP contribution is -2.21. The summed E-state index contributed by atoms with van der Waals surface area (Å²) in [5, 5.41) is 5.00. The van der Waals surface area contributed by atoms with E-state index in [-0.39, 0.29) is 21.8 Å². The van der Waals surface area contributed by atoms with Gasteiger partial charge in [-0.1, -0.05) is 26.8 Å². The second kappa shape index (κ2) is 5.71. The predicted molar refractivity (Wildman–Crippen MR) is 79.3 cm³/mol.